The summed E-state index contributed by atoms with van der Waals surface area (Å²) in [7, 11) is 0. The quantitative estimate of drug-likeness (QED) is 0.801. The van der Waals surface area contributed by atoms with E-state index in [9.17, 15) is 14.0 Å². The number of aliphatic carboxylic acids is 1. The van der Waals surface area contributed by atoms with Crippen molar-refractivity contribution in [2.24, 2.45) is 0 Å². The van der Waals surface area contributed by atoms with Crippen molar-refractivity contribution in [1.82, 2.24) is 9.55 Å². The zero-order valence-electron chi connectivity index (χ0n) is 12.5. The highest BCUT2D eigenvalue weighted by molar-refractivity contribution is 5.79. The van der Waals surface area contributed by atoms with Gasteiger partial charge in [-0.3, -0.25) is 14.2 Å². The molecule has 0 atom stereocenters. The number of nitrogens with zero attached hydrogens (tertiary/aromatic N) is 2. The third-order valence-electron chi connectivity index (χ3n) is 3.47. The number of benzene rings is 2. The Labute approximate surface area is 136 Å². The van der Waals surface area contributed by atoms with Crippen LogP contribution in [0.5, 0.6) is 0 Å². The van der Waals surface area contributed by atoms with E-state index in [4.69, 9.17) is 5.11 Å². The van der Waals surface area contributed by atoms with Gasteiger partial charge in [-0.25, -0.2) is 9.37 Å². The fourth-order valence-electron chi connectivity index (χ4n) is 2.36. The molecule has 3 rings (SSSR count). The molecule has 0 unspecified atom stereocenters. The minimum absolute atomic E-state index is 0.124. The minimum Gasteiger partial charge on any atom is -0.480 e. The summed E-state index contributed by atoms with van der Waals surface area (Å²) < 4.78 is 14.1. The molecule has 0 saturated heterocycles. The molecule has 120 valence electrons. The van der Waals surface area contributed by atoms with Gasteiger partial charge in [-0.15, -0.1) is 0 Å². The smallest absolute Gasteiger partial charge is 0.323 e. The Balaban J connectivity index is 2.10. The number of fused-ring (bicyclic) bond motifs is 1. The van der Waals surface area contributed by atoms with Crippen molar-refractivity contribution in [2.75, 3.05) is 0 Å². The number of para-hydroxylation sites is 2. The maximum absolute atomic E-state index is 12.9. The van der Waals surface area contributed by atoms with Gasteiger partial charge in [0.2, 0.25) is 0 Å². The molecule has 0 amide bonds. The van der Waals surface area contributed by atoms with Crippen LogP contribution in [0.1, 0.15) is 11.3 Å². The van der Waals surface area contributed by atoms with Crippen molar-refractivity contribution in [3.05, 3.63) is 76.0 Å². The van der Waals surface area contributed by atoms with E-state index in [-0.39, 0.29) is 11.5 Å². The normalized spacial score (nSPS) is 11.2. The monoisotopic (exact) mass is 324 g/mol. The largest absolute Gasteiger partial charge is 0.480 e. The van der Waals surface area contributed by atoms with Crippen molar-refractivity contribution in [1.29, 1.82) is 0 Å². The first kappa shape index (κ1) is 15.6. The predicted molar refractivity (Wildman–Crippen MR) is 89.0 cm³/mol. The summed E-state index contributed by atoms with van der Waals surface area (Å²) >= 11 is 0. The van der Waals surface area contributed by atoms with Gasteiger partial charge in [-0.05, 0) is 35.9 Å². The van der Waals surface area contributed by atoms with Crippen LogP contribution in [0.3, 0.4) is 0 Å². The maximum atomic E-state index is 12.9. The topological polar surface area (TPSA) is 72.2 Å². The molecule has 0 spiro atoms. The van der Waals surface area contributed by atoms with Gasteiger partial charge in [0.1, 0.15) is 18.1 Å². The second-order valence-corrected chi connectivity index (χ2v) is 5.16. The summed E-state index contributed by atoms with van der Waals surface area (Å²) in [5.74, 6) is -1.46. The molecule has 1 N–H and O–H groups in total. The molecule has 1 aromatic heterocycles. The number of carbonyl (C=O) groups is 1. The molecular weight excluding hydrogens is 311 g/mol. The number of halogens is 1. The third kappa shape index (κ3) is 3.22. The highest BCUT2D eigenvalue weighted by Gasteiger charge is 2.11. The summed E-state index contributed by atoms with van der Waals surface area (Å²) in [5, 5.41) is 9.04. The van der Waals surface area contributed by atoms with Crippen LogP contribution < -0.4 is 5.56 Å². The van der Waals surface area contributed by atoms with Gasteiger partial charge >= 0.3 is 5.97 Å². The SMILES string of the molecule is O=C(O)Cn1c(=O)c(/C=C/c2ccc(F)cc2)nc2ccccc21. The van der Waals surface area contributed by atoms with E-state index < -0.39 is 18.1 Å². The molecule has 24 heavy (non-hydrogen) atoms. The first-order valence-electron chi connectivity index (χ1n) is 7.19. The van der Waals surface area contributed by atoms with E-state index in [1.807, 2.05) is 0 Å². The second kappa shape index (κ2) is 6.45. The predicted octanol–water partition coefficient (Wildman–Crippen LogP) is 2.79. The van der Waals surface area contributed by atoms with Gasteiger partial charge < -0.3 is 5.11 Å². The molecule has 0 aliphatic carbocycles. The van der Waals surface area contributed by atoms with Gasteiger partial charge in [0.15, 0.2) is 0 Å². The van der Waals surface area contributed by atoms with Gasteiger partial charge in [0, 0.05) is 0 Å². The Morgan fingerprint density at radius 2 is 1.83 bits per heavy atom. The Bertz CT molecular complexity index is 991. The lowest BCUT2D eigenvalue weighted by Gasteiger charge is -2.08. The van der Waals surface area contributed by atoms with Gasteiger partial charge in [-0.1, -0.05) is 30.3 Å². The maximum Gasteiger partial charge on any atom is 0.323 e. The van der Waals surface area contributed by atoms with Crippen molar-refractivity contribution < 1.29 is 14.3 Å². The van der Waals surface area contributed by atoms with Crippen LogP contribution in [-0.4, -0.2) is 20.6 Å². The van der Waals surface area contributed by atoms with Gasteiger partial charge in [0.05, 0.1) is 11.0 Å². The zero-order valence-corrected chi connectivity index (χ0v) is 12.5. The Kier molecular flexibility index (Phi) is 4.20. The van der Waals surface area contributed by atoms with Crippen LogP contribution in [-0.2, 0) is 11.3 Å². The van der Waals surface area contributed by atoms with E-state index in [2.05, 4.69) is 4.98 Å². The average molecular weight is 324 g/mol. The molecule has 0 radical (unpaired) electrons. The standard InChI is InChI=1S/C18H13FN2O3/c19-13-8-5-12(6-9-13)7-10-15-18(24)21(11-17(22)23)16-4-2-1-3-14(16)20-15/h1-10H,11H2,(H,22,23)/b10-7+. The lowest BCUT2D eigenvalue weighted by Crippen LogP contribution is -2.27. The fraction of sp³-hybridized carbons (Fsp3) is 0.0556. The summed E-state index contributed by atoms with van der Waals surface area (Å²) in [6.45, 7) is -0.445. The summed E-state index contributed by atoms with van der Waals surface area (Å²) in [6.07, 6.45) is 3.13. The summed E-state index contributed by atoms with van der Waals surface area (Å²) in [6, 6.07) is 12.6. The van der Waals surface area contributed by atoms with Crippen molar-refractivity contribution >= 4 is 29.2 Å². The van der Waals surface area contributed by atoms with E-state index in [0.29, 0.717) is 16.6 Å². The number of aromatic nitrogens is 2. The number of hydrogen-bond acceptors (Lipinski definition) is 3. The average Bonchev–Trinajstić information content (AvgIpc) is 2.57. The van der Waals surface area contributed by atoms with Crippen LogP contribution in [0.25, 0.3) is 23.2 Å². The van der Waals surface area contributed by atoms with Crippen molar-refractivity contribution in [3.8, 4) is 0 Å². The van der Waals surface area contributed by atoms with E-state index in [1.54, 1.807) is 42.5 Å². The Morgan fingerprint density at radius 1 is 1.12 bits per heavy atom. The molecule has 0 aliphatic heterocycles. The number of hydrogen-bond donors (Lipinski definition) is 1. The third-order valence-corrected chi connectivity index (χ3v) is 3.47. The van der Waals surface area contributed by atoms with Crippen LogP contribution in [0.4, 0.5) is 4.39 Å². The van der Waals surface area contributed by atoms with E-state index >= 15 is 0 Å². The molecule has 0 saturated carbocycles. The Hall–Kier alpha value is -3.28. The number of carboxylic acids is 1. The second-order valence-electron chi connectivity index (χ2n) is 5.16. The van der Waals surface area contributed by atoms with Gasteiger partial charge in [-0.2, -0.15) is 0 Å². The molecule has 6 heteroatoms. The molecule has 5 nitrogen and oxygen atoms in total. The summed E-state index contributed by atoms with van der Waals surface area (Å²) in [5.41, 5.74) is 1.32. The molecule has 0 aliphatic rings. The van der Waals surface area contributed by atoms with Crippen molar-refractivity contribution in [3.63, 3.8) is 0 Å². The molecule has 0 bridgehead atoms. The van der Waals surface area contributed by atoms with E-state index in [0.717, 1.165) is 0 Å². The van der Waals surface area contributed by atoms with Crippen LogP contribution in [0.15, 0.2) is 53.3 Å². The Morgan fingerprint density at radius 3 is 2.54 bits per heavy atom. The molecular formula is C18H13FN2O3. The first-order valence-corrected chi connectivity index (χ1v) is 7.19. The van der Waals surface area contributed by atoms with Crippen LogP contribution >= 0.6 is 0 Å². The van der Waals surface area contributed by atoms with E-state index in [1.165, 1.54) is 22.8 Å². The molecule has 1 heterocycles. The summed E-state index contributed by atoms with van der Waals surface area (Å²) in [4.78, 5) is 27.9. The lowest BCUT2D eigenvalue weighted by molar-refractivity contribution is -0.137. The van der Waals surface area contributed by atoms with Gasteiger partial charge in [0.25, 0.3) is 5.56 Å². The molecule has 0 fully saturated rings. The lowest BCUT2D eigenvalue weighted by atomic mass is 10.2. The number of rotatable bonds is 4. The van der Waals surface area contributed by atoms with Crippen molar-refractivity contribution in [2.45, 2.75) is 6.54 Å². The van der Waals surface area contributed by atoms with Crippen LogP contribution in [0, 0.1) is 5.82 Å². The fourth-order valence-corrected chi connectivity index (χ4v) is 2.36. The molecule has 2 aromatic carbocycles. The zero-order chi connectivity index (χ0) is 17.1. The first-order chi connectivity index (χ1) is 11.5. The van der Waals surface area contributed by atoms with Crippen LogP contribution in [0.2, 0.25) is 0 Å². The highest BCUT2D eigenvalue weighted by Crippen LogP contribution is 2.12. The highest BCUT2D eigenvalue weighted by atomic mass is 19.1. The molecule has 3 aromatic rings. The number of carboxylic acid groups (broad SMARTS) is 1. The minimum atomic E-state index is -1.11.